The monoisotopic (exact) mass is 260 g/mol. The Balaban J connectivity index is 2.25. The van der Waals surface area contributed by atoms with Gasteiger partial charge in [-0.2, -0.15) is 0 Å². The summed E-state index contributed by atoms with van der Waals surface area (Å²) >= 11 is 0. The van der Waals surface area contributed by atoms with Crippen LogP contribution < -0.4 is 10.6 Å². The third kappa shape index (κ3) is 2.99. The smallest absolute Gasteiger partial charge is 0.137 e. The van der Waals surface area contributed by atoms with Gasteiger partial charge in [-0.25, -0.2) is 14.4 Å². The Labute approximate surface area is 112 Å². The maximum absolute atomic E-state index is 13.2. The molecule has 19 heavy (non-hydrogen) atoms. The van der Waals surface area contributed by atoms with Crippen LogP contribution >= 0.6 is 0 Å². The van der Waals surface area contributed by atoms with E-state index in [2.05, 4.69) is 9.97 Å². The first-order valence-corrected chi connectivity index (χ1v) is 6.16. The van der Waals surface area contributed by atoms with Crippen LogP contribution in [0.25, 0.3) is 0 Å². The summed E-state index contributed by atoms with van der Waals surface area (Å²) in [5, 5.41) is 0. The molecule has 2 rings (SSSR count). The van der Waals surface area contributed by atoms with Gasteiger partial charge in [-0.3, -0.25) is 0 Å². The van der Waals surface area contributed by atoms with E-state index < -0.39 is 0 Å². The Morgan fingerprint density at radius 3 is 2.79 bits per heavy atom. The van der Waals surface area contributed by atoms with Crippen LogP contribution in [0.1, 0.15) is 18.1 Å². The average molecular weight is 260 g/mol. The van der Waals surface area contributed by atoms with E-state index >= 15 is 0 Å². The number of hydrogen-bond donors (Lipinski definition) is 1. The maximum atomic E-state index is 13.2. The van der Waals surface area contributed by atoms with Crippen molar-refractivity contribution in [3.8, 4) is 0 Å². The summed E-state index contributed by atoms with van der Waals surface area (Å²) in [6.07, 6.45) is 2.21. The molecule has 0 atom stereocenters. The van der Waals surface area contributed by atoms with Crippen molar-refractivity contribution in [3.63, 3.8) is 0 Å². The van der Waals surface area contributed by atoms with Crippen LogP contribution in [0.4, 0.5) is 16.0 Å². The highest BCUT2D eigenvalue weighted by Gasteiger charge is 2.12. The highest BCUT2D eigenvalue weighted by atomic mass is 19.1. The minimum Gasteiger partial charge on any atom is -0.383 e. The fourth-order valence-electron chi connectivity index (χ4n) is 2.07. The van der Waals surface area contributed by atoms with Gasteiger partial charge >= 0.3 is 0 Å². The number of rotatable bonds is 4. The van der Waals surface area contributed by atoms with Gasteiger partial charge < -0.3 is 10.6 Å². The van der Waals surface area contributed by atoms with Gasteiger partial charge in [0, 0.05) is 19.2 Å². The van der Waals surface area contributed by atoms with Gasteiger partial charge in [0.25, 0.3) is 0 Å². The molecule has 100 valence electrons. The summed E-state index contributed by atoms with van der Waals surface area (Å²) in [4.78, 5) is 10.2. The standard InChI is InChI=1S/C14H17FN4/c1-3-12-13(16)17-9-18-14(12)19(2)8-10-5-4-6-11(15)7-10/h4-7,9H,3,8H2,1-2H3,(H2,16,17,18). The SMILES string of the molecule is CCc1c(N)ncnc1N(C)Cc1cccc(F)c1. The van der Waals surface area contributed by atoms with Crippen molar-refractivity contribution in [2.45, 2.75) is 19.9 Å². The number of hydrogen-bond acceptors (Lipinski definition) is 4. The number of benzene rings is 1. The number of anilines is 2. The number of halogens is 1. The largest absolute Gasteiger partial charge is 0.383 e. The highest BCUT2D eigenvalue weighted by molar-refractivity contribution is 5.56. The van der Waals surface area contributed by atoms with Crippen LogP contribution in [-0.2, 0) is 13.0 Å². The van der Waals surface area contributed by atoms with Crippen LogP contribution in [0.5, 0.6) is 0 Å². The van der Waals surface area contributed by atoms with Crippen LogP contribution in [0.3, 0.4) is 0 Å². The van der Waals surface area contributed by atoms with Gasteiger partial charge in [0.15, 0.2) is 0 Å². The van der Waals surface area contributed by atoms with E-state index in [9.17, 15) is 4.39 Å². The minimum absolute atomic E-state index is 0.233. The van der Waals surface area contributed by atoms with Crippen LogP contribution in [-0.4, -0.2) is 17.0 Å². The summed E-state index contributed by atoms with van der Waals surface area (Å²) in [7, 11) is 1.91. The highest BCUT2D eigenvalue weighted by Crippen LogP contribution is 2.22. The minimum atomic E-state index is -0.233. The second-order valence-corrected chi connectivity index (χ2v) is 4.40. The van der Waals surface area contributed by atoms with Gasteiger partial charge in [-0.15, -0.1) is 0 Å². The van der Waals surface area contributed by atoms with Crippen LogP contribution in [0, 0.1) is 5.82 Å². The van der Waals surface area contributed by atoms with Crippen molar-refractivity contribution in [2.24, 2.45) is 0 Å². The van der Waals surface area contributed by atoms with Crippen molar-refractivity contribution in [3.05, 3.63) is 47.5 Å². The molecular formula is C14H17FN4. The zero-order valence-electron chi connectivity index (χ0n) is 11.1. The van der Waals surface area contributed by atoms with Gasteiger partial charge in [0.2, 0.25) is 0 Å². The molecule has 0 aliphatic heterocycles. The molecular weight excluding hydrogens is 243 g/mol. The van der Waals surface area contributed by atoms with Crippen molar-refractivity contribution in [2.75, 3.05) is 17.7 Å². The predicted octanol–water partition coefficient (Wildman–Crippen LogP) is 2.40. The normalized spacial score (nSPS) is 10.5. The summed E-state index contributed by atoms with van der Waals surface area (Å²) in [6.45, 7) is 2.58. The lowest BCUT2D eigenvalue weighted by Gasteiger charge is -2.21. The maximum Gasteiger partial charge on any atom is 0.137 e. The molecule has 1 heterocycles. The molecule has 4 nitrogen and oxygen atoms in total. The summed E-state index contributed by atoms with van der Waals surface area (Å²) in [5.41, 5.74) is 7.66. The summed E-state index contributed by atoms with van der Waals surface area (Å²) in [5.74, 6) is 1.06. The van der Waals surface area contributed by atoms with E-state index in [4.69, 9.17) is 5.73 Å². The van der Waals surface area contributed by atoms with Crippen molar-refractivity contribution >= 4 is 11.6 Å². The van der Waals surface area contributed by atoms with E-state index in [-0.39, 0.29) is 5.82 Å². The Bertz CT molecular complexity index is 571. The first kappa shape index (κ1) is 13.3. The number of nitrogens with two attached hydrogens (primary N) is 1. The fraction of sp³-hybridized carbons (Fsp3) is 0.286. The average Bonchev–Trinajstić information content (AvgIpc) is 2.38. The molecule has 0 saturated heterocycles. The van der Waals surface area contributed by atoms with E-state index in [1.807, 2.05) is 24.9 Å². The molecule has 5 heteroatoms. The van der Waals surface area contributed by atoms with Gasteiger partial charge in [-0.05, 0) is 24.1 Å². The lowest BCUT2D eigenvalue weighted by Crippen LogP contribution is -2.20. The van der Waals surface area contributed by atoms with Crippen molar-refractivity contribution < 1.29 is 4.39 Å². The van der Waals surface area contributed by atoms with Crippen molar-refractivity contribution in [1.29, 1.82) is 0 Å². The molecule has 0 aliphatic carbocycles. The zero-order valence-corrected chi connectivity index (χ0v) is 11.1. The quantitative estimate of drug-likeness (QED) is 0.917. The number of nitrogen functional groups attached to an aromatic ring is 1. The molecule has 0 fully saturated rings. The van der Waals surface area contributed by atoms with E-state index in [1.54, 1.807) is 6.07 Å². The molecule has 0 spiro atoms. The third-order valence-electron chi connectivity index (χ3n) is 2.98. The zero-order chi connectivity index (χ0) is 13.8. The Morgan fingerprint density at radius 2 is 2.11 bits per heavy atom. The third-order valence-corrected chi connectivity index (χ3v) is 2.98. The number of aromatic nitrogens is 2. The van der Waals surface area contributed by atoms with Crippen molar-refractivity contribution in [1.82, 2.24) is 9.97 Å². The summed E-state index contributed by atoms with van der Waals surface area (Å²) < 4.78 is 13.2. The van der Waals surface area contributed by atoms with Gasteiger partial charge in [0.1, 0.15) is 23.8 Å². The first-order valence-electron chi connectivity index (χ1n) is 6.16. The summed E-state index contributed by atoms with van der Waals surface area (Å²) in [6, 6.07) is 6.54. The van der Waals surface area contributed by atoms with Crippen LogP contribution in [0.2, 0.25) is 0 Å². The molecule has 0 unspecified atom stereocenters. The molecule has 2 aromatic rings. The number of nitrogens with zero attached hydrogens (tertiary/aromatic N) is 3. The Kier molecular flexibility index (Phi) is 3.94. The Morgan fingerprint density at radius 1 is 1.32 bits per heavy atom. The topological polar surface area (TPSA) is 55.0 Å². The second-order valence-electron chi connectivity index (χ2n) is 4.40. The molecule has 0 saturated carbocycles. The predicted molar refractivity (Wildman–Crippen MR) is 74.3 cm³/mol. The lowest BCUT2D eigenvalue weighted by atomic mass is 10.1. The van der Waals surface area contributed by atoms with Gasteiger partial charge in [0.05, 0.1) is 0 Å². The molecule has 0 aliphatic rings. The molecule has 0 amide bonds. The molecule has 1 aromatic heterocycles. The molecule has 0 bridgehead atoms. The van der Waals surface area contributed by atoms with E-state index in [0.29, 0.717) is 12.4 Å². The van der Waals surface area contributed by atoms with Gasteiger partial charge in [-0.1, -0.05) is 19.1 Å². The Hall–Kier alpha value is -2.17. The fourth-order valence-corrected chi connectivity index (χ4v) is 2.07. The van der Waals surface area contributed by atoms with Crippen LogP contribution in [0.15, 0.2) is 30.6 Å². The van der Waals surface area contributed by atoms with E-state index in [1.165, 1.54) is 18.5 Å². The molecule has 2 N–H and O–H groups in total. The van der Waals surface area contributed by atoms with E-state index in [0.717, 1.165) is 23.4 Å². The lowest BCUT2D eigenvalue weighted by molar-refractivity contribution is 0.625. The first-order chi connectivity index (χ1) is 9.11. The second kappa shape index (κ2) is 5.65. The molecule has 1 aromatic carbocycles. The molecule has 0 radical (unpaired) electrons.